The number of nitriles is 1. The van der Waals surface area contributed by atoms with Gasteiger partial charge in [-0.2, -0.15) is 5.26 Å². The Hall–Kier alpha value is -1.21. The van der Waals surface area contributed by atoms with Crippen LogP contribution in [0.4, 0.5) is 0 Å². The van der Waals surface area contributed by atoms with Crippen molar-refractivity contribution < 1.29 is 9.47 Å². The molecule has 18 heavy (non-hydrogen) atoms. The molecule has 0 bridgehead atoms. The zero-order chi connectivity index (χ0) is 13.8. The Bertz CT molecular complexity index is 462. The molecule has 0 saturated heterocycles. The minimum atomic E-state index is -0.488. The van der Waals surface area contributed by atoms with Crippen molar-refractivity contribution in [3.05, 3.63) is 22.2 Å². The second-order valence-corrected chi connectivity index (χ2v) is 4.94. The van der Waals surface area contributed by atoms with Crippen molar-refractivity contribution in [2.24, 2.45) is 0 Å². The molecular formula is C14H18BrNO2. The highest BCUT2D eigenvalue weighted by molar-refractivity contribution is 9.10. The largest absolute Gasteiger partial charge is 0.493 e. The molecule has 0 radical (unpaired) electrons. The third-order valence-corrected chi connectivity index (χ3v) is 4.07. The summed E-state index contributed by atoms with van der Waals surface area (Å²) in [6.45, 7) is 4.05. The van der Waals surface area contributed by atoms with E-state index in [2.05, 4.69) is 22.0 Å². The summed E-state index contributed by atoms with van der Waals surface area (Å²) in [5.74, 6) is 1.31. The molecule has 0 amide bonds. The third kappa shape index (κ3) is 2.46. The highest BCUT2D eigenvalue weighted by atomic mass is 79.9. The topological polar surface area (TPSA) is 42.2 Å². The van der Waals surface area contributed by atoms with Crippen LogP contribution in [-0.4, -0.2) is 14.2 Å². The van der Waals surface area contributed by atoms with E-state index in [-0.39, 0.29) is 0 Å². The van der Waals surface area contributed by atoms with Crippen molar-refractivity contribution in [1.29, 1.82) is 5.26 Å². The quantitative estimate of drug-likeness (QED) is 0.824. The van der Waals surface area contributed by atoms with Crippen LogP contribution in [-0.2, 0) is 5.41 Å². The van der Waals surface area contributed by atoms with Gasteiger partial charge in [0.2, 0.25) is 0 Å². The number of hydrogen-bond donors (Lipinski definition) is 0. The normalized spacial score (nSPS) is 10.9. The lowest BCUT2D eigenvalue weighted by molar-refractivity contribution is 0.353. The molecular weight excluding hydrogens is 294 g/mol. The number of halogens is 1. The molecule has 0 heterocycles. The van der Waals surface area contributed by atoms with Crippen molar-refractivity contribution >= 4 is 15.9 Å². The molecule has 0 aromatic heterocycles. The maximum atomic E-state index is 9.50. The highest BCUT2D eigenvalue weighted by Crippen LogP contribution is 2.41. The maximum Gasteiger partial charge on any atom is 0.161 e. The minimum Gasteiger partial charge on any atom is -0.493 e. The predicted molar refractivity (Wildman–Crippen MR) is 75.1 cm³/mol. The van der Waals surface area contributed by atoms with E-state index in [9.17, 15) is 5.26 Å². The van der Waals surface area contributed by atoms with Gasteiger partial charge in [-0.3, -0.25) is 0 Å². The van der Waals surface area contributed by atoms with E-state index in [1.807, 2.05) is 26.0 Å². The molecule has 98 valence electrons. The summed E-state index contributed by atoms with van der Waals surface area (Å²) in [6.07, 6.45) is 1.52. The smallest absolute Gasteiger partial charge is 0.161 e. The summed E-state index contributed by atoms with van der Waals surface area (Å²) in [5, 5.41) is 9.50. The maximum absolute atomic E-state index is 9.50. The van der Waals surface area contributed by atoms with E-state index >= 15 is 0 Å². The van der Waals surface area contributed by atoms with E-state index in [1.54, 1.807) is 14.2 Å². The van der Waals surface area contributed by atoms with Gasteiger partial charge in [0.1, 0.15) is 0 Å². The summed E-state index contributed by atoms with van der Waals surface area (Å²) in [5.41, 5.74) is 0.464. The Balaban J connectivity index is 3.46. The fraction of sp³-hybridized carbons (Fsp3) is 0.500. The van der Waals surface area contributed by atoms with Crippen LogP contribution in [0, 0.1) is 11.3 Å². The minimum absolute atomic E-state index is 0.488. The zero-order valence-electron chi connectivity index (χ0n) is 11.2. The Morgan fingerprint density at radius 3 is 2.06 bits per heavy atom. The van der Waals surface area contributed by atoms with Gasteiger partial charge in [0.15, 0.2) is 11.5 Å². The Labute approximate surface area is 117 Å². The molecule has 3 nitrogen and oxygen atoms in total. The molecule has 0 atom stereocenters. The first-order valence-electron chi connectivity index (χ1n) is 5.91. The number of rotatable bonds is 5. The monoisotopic (exact) mass is 311 g/mol. The van der Waals surface area contributed by atoms with Crippen LogP contribution in [0.2, 0.25) is 0 Å². The van der Waals surface area contributed by atoms with Gasteiger partial charge < -0.3 is 9.47 Å². The fourth-order valence-electron chi connectivity index (χ4n) is 2.07. The van der Waals surface area contributed by atoms with Gasteiger partial charge in [0.25, 0.3) is 0 Å². The van der Waals surface area contributed by atoms with E-state index in [0.717, 1.165) is 22.9 Å². The highest BCUT2D eigenvalue weighted by Gasteiger charge is 2.31. The molecule has 0 aliphatic heterocycles. The summed E-state index contributed by atoms with van der Waals surface area (Å²) in [6, 6.07) is 6.18. The number of nitrogens with zero attached hydrogens (tertiary/aromatic N) is 1. The summed E-state index contributed by atoms with van der Waals surface area (Å²) in [4.78, 5) is 0. The standard InChI is InChI=1S/C14H18BrNO2/c1-5-14(6-2,9-16)10-7-12(17-3)13(18-4)8-11(10)15/h7-8H,5-6H2,1-4H3. The van der Waals surface area contributed by atoms with Crippen LogP contribution in [0.1, 0.15) is 32.3 Å². The average Bonchev–Trinajstić information content (AvgIpc) is 2.42. The molecule has 0 spiro atoms. The van der Waals surface area contributed by atoms with Crippen LogP contribution >= 0.6 is 15.9 Å². The van der Waals surface area contributed by atoms with Crippen molar-refractivity contribution in [2.75, 3.05) is 14.2 Å². The molecule has 0 aliphatic rings. The molecule has 4 heteroatoms. The van der Waals surface area contributed by atoms with Crippen LogP contribution in [0.3, 0.4) is 0 Å². The molecule has 1 aromatic rings. The number of ether oxygens (including phenoxy) is 2. The first-order valence-corrected chi connectivity index (χ1v) is 6.71. The van der Waals surface area contributed by atoms with Gasteiger partial charge >= 0.3 is 0 Å². The van der Waals surface area contributed by atoms with Gasteiger partial charge in [-0.05, 0) is 30.5 Å². The summed E-state index contributed by atoms with van der Waals surface area (Å²) in [7, 11) is 3.20. The lowest BCUT2D eigenvalue weighted by atomic mass is 9.77. The third-order valence-electron chi connectivity index (χ3n) is 3.41. The molecule has 0 aliphatic carbocycles. The molecule has 0 unspecified atom stereocenters. The lowest BCUT2D eigenvalue weighted by Gasteiger charge is -2.26. The number of methoxy groups -OCH3 is 2. The lowest BCUT2D eigenvalue weighted by Crippen LogP contribution is -2.22. The summed E-state index contributed by atoms with van der Waals surface area (Å²) >= 11 is 3.52. The van der Waals surface area contributed by atoms with Crippen molar-refractivity contribution in [3.8, 4) is 17.6 Å². The second-order valence-electron chi connectivity index (χ2n) is 4.09. The first-order chi connectivity index (χ1) is 8.58. The second kappa shape index (κ2) is 6.10. The van der Waals surface area contributed by atoms with Gasteiger partial charge in [-0.25, -0.2) is 0 Å². The number of hydrogen-bond acceptors (Lipinski definition) is 3. The van der Waals surface area contributed by atoms with Crippen LogP contribution < -0.4 is 9.47 Å². The first kappa shape index (κ1) is 14.8. The average molecular weight is 312 g/mol. The Morgan fingerprint density at radius 2 is 1.67 bits per heavy atom. The zero-order valence-corrected chi connectivity index (χ0v) is 12.8. The van der Waals surface area contributed by atoms with Gasteiger partial charge in [0.05, 0.1) is 25.7 Å². The molecule has 0 fully saturated rings. The number of benzene rings is 1. The van der Waals surface area contributed by atoms with E-state index in [4.69, 9.17) is 9.47 Å². The van der Waals surface area contributed by atoms with Crippen LogP contribution in [0.5, 0.6) is 11.5 Å². The van der Waals surface area contributed by atoms with E-state index in [1.165, 1.54) is 0 Å². The molecule has 0 saturated carbocycles. The van der Waals surface area contributed by atoms with E-state index < -0.39 is 5.41 Å². The van der Waals surface area contributed by atoms with Gasteiger partial charge in [-0.1, -0.05) is 29.8 Å². The van der Waals surface area contributed by atoms with Crippen LogP contribution in [0.15, 0.2) is 16.6 Å². The Morgan fingerprint density at radius 1 is 1.17 bits per heavy atom. The Kier molecular flexibility index (Phi) is 5.03. The van der Waals surface area contributed by atoms with Crippen molar-refractivity contribution in [1.82, 2.24) is 0 Å². The summed E-state index contributed by atoms with van der Waals surface area (Å²) < 4.78 is 11.4. The fourth-order valence-corrected chi connectivity index (χ4v) is 2.77. The van der Waals surface area contributed by atoms with Crippen molar-refractivity contribution in [2.45, 2.75) is 32.1 Å². The van der Waals surface area contributed by atoms with Crippen molar-refractivity contribution in [3.63, 3.8) is 0 Å². The van der Waals surface area contributed by atoms with Crippen LogP contribution in [0.25, 0.3) is 0 Å². The van der Waals surface area contributed by atoms with Gasteiger partial charge in [-0.15, -0.1) is 0 Å². The molecule has 1 aromatic carbocycles. The SMILES string of the molecule is CCC(C#N)(CC)c1cc(OC)c(OC)cc1Br. The molecule has 1 rings (SSSR count). The molecule has 0 N–H and O–H groups in total. The predicted octanol–water partition coefficient (Wildman–Crippen LogP) is 4.05. The van der Waals surface area contributed by atoms with E-state index in [0.29, 0.717) is 11.5 Å². The van der Waals surface area contributed by atoms with Gasteiger partial charge in [0, 0.05) is 4.47 Å².